The maximum absolute atomic E-state index is 11.8. The summed E-state index contributed by atoms with van der Waals surface area (Å²) >= 11 is 0. The number of nitrogens with zero attached hydrogens (tertiary/aromatic N) is 1. The Morgan fingerprint density at radius 1 is 1.46 bits per heavy atom. The molecule has 1 atom stereocenters. The second-order valence-electron chi connectivity index (χ2n) is 3.03. The third-order valence-corrected chi connectivity index (χ3v) is 1.57. The van der Waals surface area contributed by atoms with Gasteiger partial charge in [0.1, 0.15) is 0 Å². The van der Waals surface area contributed by atoms with Crippen LogP contribution in [0.1, 0.15) is 6.42 Å². The van der Waals surface area contributed by atoms with Crippen molar-refractivity contribution in [2.24, 2.45) is 5.73 Å². The Kier molecular flexibility index (Phi) is 5.27. The van der Waals surface area contributed by atoms with E-state index in [1.807, 2.05) is 0 Å². The van der Waals surface area contributed by atoms with E-state index in [1.54, 1.807) is 0 Å². The zero-order valence-electron chi connectivity index (χ0n) is 7.51. The van der Waals surface area contributed by atoms with Gasteiger partial charge in [-0.15, -0.1) is 0 Å². The Morgan fingerprint density at radius 2 is 2.00 bits per heavy atom. The van der Waals surface area contributed by atoms with Crippen molar-refractivity contribution in [2.45, 2.75) is 18.7 Å². The standard InChI is InChI=1S/C7H15F3N2O/c1-12(5-7(8,9)10)3-2-6(13)4-11/h6,13H,2-5,11H2,1H3. The van der Waals surface area contributed by atoms with Crippen LogP contribution in [-0.4, -0.2) is 49.0 Å². The molecule has 0 saturated heterocycles. The molecule has 0 heterocycles. The van der Waals surface area contributed by atoms with Gasteiger partial charge >= 0.3 is 6.18 Å². The summed E-state index contributed by atoms with van der Waals surface area (Å²) in [6.07, 6.45) is -4.62. The van der Waals surface area contributed by atoms with Gasteiger partial charge in [-0.05, 0) is 13.5 Å². The number of nitrogens with two attached hydrogens (primary N) is 1. The summed E-state index contributed by atoms with van der Waals surface area (Å²) in [7, 11) is 1.36. The number of hydrogen-bond donors (Lipinski definition) is 2. The van der Waals surface area contributed by atoms with E-state index in [-0.39, 0.29) is 19.5 Å². The number of hydrogen-bond acceptors (Lipinski definition) is 3. The van der Waals surface area contributed by atoms with Crippen molar-refractivity contribution in [1.82, 2.24) is 4.90 Å². The molecule has 13 heavy (non-hydrogen) atoms. The van der Waals surface area contributed by atoms with Gasteiger partial charge in [0, 0.05) is 13.1 Å². The van der Waals surface area contributed by atoms with Crippen LogP contribution < -0.4 is 5.73 Å². The van der Waals surface area contributed by atoms with Crippen molar-refractivity contribution in [3.63, 3.8) is 0 Å². The van der Waals surface area contributed by atoms with E-state index >= 15 is 0 Å². The van der Waals surface area contributed by atoms with Crippen LogP contribution in [0.3, 0.4) is 0 Å². The van der Waals surface area contributed by atoms with E-state index in [0.717, 1.165) is 4.90 Å². The lowest BCUT2D eigenvalue weighted by Gasteiger charge is -2.19. The molecule has 0 amide bonds. The van der Waals surface area contributed by atoms with E-state index in [0.29, 0.717) is 0 Å². The summed E-state index contributed by atoms with van der Waals surface area (Å²) in [5.74, 6) is 0. The molecule has 0 bridgehead atoms. The van der Waals surface area contributed by atoms with E-state index < -0.39 is 18.8 Å². The minimum Gasteiger partial charge on any atom is -0.392 e. The SMILES string of the molecule is CN(CCC(O)CN)CC(F)(F)F. The number of halogens is 3. The first-order valence-corrected chi connectivity index (χ1v) is 3.98. The monoisotopic (exact) mass is 200 g/mol. The van der Waals surface area contributed by atoms with Crippen LogP contribution in [-0.2, 0) is 0 Å². The first kappa shape index (κ1) is 12.7. The minimum absolute atomic E-state index is 0.0832. The van der Waals surface area contributed by atoms with Crippen molar-refractivity contribution in [1.29, 1.82) is 0 Å². The smallest absolute Gasteiger partial charge is 0.392 e. The van der Waals surface area contributed by atoms with Gasteiger partial charge in [0.25, 0.3) is 0 Å². The molecule has 6 heteroatoms. The normalized spacial score (nSPS) is 15.0. The zero-order chi connectivity index (χ0) is 10.5. The highest BCUT2D eigenvalue weighted by atomic mass is 19.4. The summed E-state index contributed by atoms with van der Waals surface area (Å²) < 4.78 is 35.4. The third kappa shape index (κ3) is 8.01. The molecule has 0 rings (SSSR count). The van der Waals surface area contributed by atoms with Gasteiger partial charge in [-0.25, -0.2) is 0 Å². The summed E-state index contributed by atoms with van der Waals surface area (Å²) in [6.45, 7) is -0.679. The molecular weight excluding hydrogens is 185 g/mol. The topological polar surface area (TPSA) is 49.5 Å². The first-order valence-electron chi connectivity index (χ1n) is 3.98. The molecule has 0 radical (unpaired) electrons. The molecule has 0 saturated carbocycles. The van der Waals surface area contributed by atoms with Crippen LogP contribution >= 0.6 is 0 Å². The second kappa shape index (κ2) is 5.41. The number of aliphatic hydroxyl groups is 1. The lowest BCUT2D eigenvalue weighted by atomic mass is 10.2. The van der Waals surface area contributed by atoms with Gasteiger partial charge in [-0.1, -0.05) is 0 Å². The molecule has 0 aliphatic heterocycles. The largest absolute Gasteiger partial charge is 0.401 e. The Bertz CT molecular complexity index is 140. The molecule has 1 unspecified atom stereocenters. The van der Waals surface area contributed by atoms with Gasteiger partial charge in [0.2, 0.25) is 0 Å². The summed E-state index contributed by atoms with van der Waals surface area (Å²) in [6, 6.07) is 0. The number of aliphatic hydroxyl groups excluding tert-OH is 1. The predicted molar refractivity (Wildman–Crippen MR) is 43.2 cm³/mol. The molecule has 0 aliphatic rings. The molecule has 0 aromatic carbocycles. The zero-order valence-corrected chi connectivity index (χ0v) is 7.51. The molecule has 0 aromatic rings. The third-order valence-electron chi connectivity index (χ3n) is 1.57. The molecule has 80 valence electrons. The van der Waals surface area contributed by atoms with E-state index in [1.165, 1.54) is 7.05 Å². The predicted octanol–water partition coefficient (Wildman–Crippen LogP) is 0.190. The Balaban J connectivity index is 3.57. The highest BCUT2D eigenvalue weighted by Gasteiger charge is 2.28. The van der Waals surface area contributed by atoms with Crippen LogP contribution in [0.5, 0.6) is 0 Å². The molecule has 0 spiro atoms. The van der Waals surface area contributed by atoms with Crippen LogP contribution in [0.15, 0.2) is 0 Å². The molecule has 3 N–H and O–H groups in total. The molecular formula is C7H15F3N2O. The molecule has 0 aromatic heterocycles. The van der Waals surface area contributed by atoms with Crippen LogP contribution in [0.25, 0.3) is 0 Å². The first-order chi connectivity index (χ1) is 5.85. The Hall–Kier alpha value is -0.330. The van der Waals surface area contributed by atoms with E-state index in [2.05, 4.69) is 0 Å². The van der Waals surface area contributed by atoms with Crippen molar-refractivity contribution in [2.75, 3.05) is 26.7 Å². The van der Waals surface area contributed by atoms with Crippen LogP contribution in [0, 0.1) is 0 Å². The number of alkyl halides is 3. The maximum atomic E-state index is 11.8. The lowest BCUT2D eigenvalue weighted by molar-refractivity contribution is -0.143. The van der Waals surface area contributed by atoms with Gasteiger partial charge < -0.3 is 10.8 Å². The molecule has 0 fully saturated rings. The summed E-state index contributed by atoms with van der Waals surface area (Å²) in [4.78, 5) is 1.11. The lowest BCUT2D eigenvalue weighted by Crippen LogP contribution is -2.34. The summed E-state index contributed by atoms with van der Waals surface area (Å²) in [5.41, 5.74) is 5.09. The van der Waals surface area contributed by atoms with Crippen molar-refractivity contribution in [3.05, 3.63) is 0 Å². The van der Waals surface area contributed by atoms with Crippen molar-refractivity contribution < 1.29 is 18.3 Å². The van der Waals surface area contributed by atoms with Crippen LogP contribution in [0.4, 0.5) is 13.2 Å². The minimum atomic E-state index is -4.18. The fourth-order valence-electron chi connectivity index (χ4n) is 0.872. The van der Waals surface area contributed by atoms with E-state index in [9.17, 15) is 13.2 Å². The van der Waals surface area contributed by atoms with Gasteiger partial charge in [-0.3, -0.25) is 4.90 Å². The molecule has 3 nitrogen and oxygen atoms in total. The maximum Gasteiger partial charge on any atom is 0.401 e. The highest BCUT2D eigenvalue weighted by Crippen LogP contribution is 2.15. The van der Waals surface area contributed by atoms with Gasteiger partial charge in [-0.2, -0.15) is 13.2 Å². The Labute approximate surface area is 75.3 Å². The highest BCUT2D eigenvalue weighted by molar-refractivity contribution is 4.62. The second-order valence-corrected chi connectivity index (χ2v) is 3.03. The molecule has 0 aliphatic carbocycles. The van der Waals surface area contributed by atoms with Crippen molar-refractivity contribution >= 4 is 0 Å². The quantitative estimate of drug-likeness (QED) is 0.666. The average molecular weight is 200 g/mol. The fourth-order valence-corrected chi connectivity index (χ4v) is 0.872. The fraction of sp³-hybridized carbons (Fsp3) is 1.00. The van der Waals surface area contributed by atoms with Gasteiger partial charge in [0.15, 0.2) is 0 Å². The van der Waals surface area contributed by atoms with Gasteiger partial charge in [0.05, 0.1) is 12.6 Å². The van der Waals surface area contributed by atoms with Crippen molar-refractivity contribution in [3.8, 4) is 0 Å². The number of rotatable bonds is 5. The summed E-state index contributed by atoms with van der Waals surface area (Å²) in [5, 5.41) is 8.97. The average Bonchev–Trinajstić information content (AvgIpc) is 1.97. The van der Waals surface area contributed by atoms with E-state index in [4.69, 9.17) is 10.8 Å². The Morgan fingerprint density at radius 3 is 2.38 bits per heavy atom. The van der Waals surface area contributed by atoms with Crippen LogP contribution in [0.2, 0.25) is 0 Å².